The van der Waals surface area contributed by atoms with Crippen LogP contribution in [0.1, 0.15) is 406 Å². The Labute approximate surface area is 481 Å². The quantitative estimate of drug-likeness (QED) is 0.0261. The average Bonchev–Trinajstić information content (AvgIpc) is 3.43. The van der Waals surface area contributed by atoms with Gasteiger partial charge < -0.3 is 14.2 Å². The van der Waals surface area contributed by atoms with E-state index in [1.54, 1.807) is 0 Å². The summed E-state index contributed by atoms with van der Waals surface area (Å²) in [4.78, 5) is 38.4. The van der Waals surface area contributed by atoms with Crippen LogP contribution in [0.5, 0.6) is 0 Å². The van der Waals surface area contributed by atoms with Crippen molar-refractivity contribution in [3.63, 3.8) is 0 Å². The Kier molecular flexibility index (Phi) is 65.1. The number of carbonyl (C=O) groups is 3. The number of unbranched alkanes of at least 4 members (excludes halogenated alkanes) is 53. The molecule has 0 heterocycles. The number of rotatable bonds is 66. The van der Waals surface area contributed by atoms with E-state index in [9.17, 15) is 14.4 Å². The molecule has 0 rings (SSSR count). The summed E-state index contributed by atoms with van der Waals surface area (Å²) in [5, 5.41) is 0. The highest BCUT2D eigenvalue weighted by Crippen LogP contribution is 2.19. The standard InChI is InChI=1S/C71H136O6/c1-4-7-10-13-16-19-22-25-28-31-33-34-35-36-37-38-39-41-43-46-49-52-55-58-61-64-70(73)76-67-68(66-75-69(72)63-60-57-54-51-48-45-42-30-27-24-21-18-15-12-9-6-3)77-71(74)65-62-59-56-53-50-47-44-40-32-29-26-23-20-17-14-11-8-5-2/h29,32,68H,4-28,30-31,33-67H2,1-3H3/b32-29-. The highest BCUT2D eigenvalue weighted by molar-refractivity contribution is 5.71. The second-order valence-electron chi connectivity index (χ2n) is 24.2. The Hall–Kier alpha value is -1.85. The van der Waals surface area contributed by atoms with Gasteiger partial charge in [-0.3, -0.25) is 14.4 Å². The van der Waals surface area contributed by atoms with Gasteiger partial charge in [-0.2, -0.15) is 0 Å². The van der Waals surface area contributed by atoms with Gasteiger partial charge in [0, 0.05) is 19.3 Å². The minimum atomic E-state index is -0.769. The first kappa shape index (κ1) is 75.2. The van der Waals surface area contributed by atoms with Gasteiger partial charge >= 0.3 is 17.9 Å². The molecule has 0 saturated heterocycles. The lowest BCUT2D eigenvalue weighted by molar-refractivity contribution is -0.167. The molecular formula is C71H136O6. The Balaban J connectivity index is 4.24. The fourth-order valence-corrected chi connectivity index (χ4v) is 11.0. The first-order valence-electron chi connectivity index (χ1n) is 35.2. The molecule has 0 N–H and O–H groups in total. The minimum absolute atomic E-state index is 0.0648. The van der Waals surface area contributed by atoms with Crippen LogP contribution in [0.25, 0.3) is 0 Å². The summed E-state index contributed by atoms with van der Waals surface area (Å²) in [7, 11) is 0. The van der Waals surface area contributed by atoms with Crippen LogP contribution in [0, 0.1) is 0 Å². The lowest BCUT2D eigenvalue weighted by Crippen LogP contribution is -2.30. The van der Waals surface area contributed by atoms with Crippen LogP contribution in [0.3, 0.4) is 0 Å². The van der Waals surface area contributed by atoms with Gasteiger partial charge in [-0.25, -0.2) is 0 Å². The largest absolute Gasteiger partial charge is 0.462 e. The van der Waals surface area contributed by atoms with Crippen LogP contribution < -0.4 is 0 Å². The molecule has 0 bridgehead atoms. The van der Waals surface area contributed by atoms with Gasteiger partial charge in [0.2, 0.25) is 0 Å². The predicted octanol–water partition coefficient (Wildman–Crippen LogP) is 24.0. The van der Waals surface area contributed by atoms with E-state index in [2.05, 4.69) is 32.9 Å². The molecule has 1 atom stereocenters. The van der Waals surface area contributed by atoms with Crippen LogP contribution in [0.4, 0.5) is 0 Å². The van der Waals surface area contributed by atoms with Gasteiger partial charge in [0.25, 0.3) is 0 Å². The number of allylic oxidation sites excluding steroid dienone is 2. The van der Waals surface area contributed by atoms with E-state index in [1.807, 2.05) is 0 Å². The van der Waals surface area contributed by atoms with Gasteiger partial charge in [-0.15, -0.1) is 0 Å². The van der Waals surface area contributed by atoms with E-state index in [4.69, 9.17) is 14.2 Å². The second-order valence-corrected chi connectivity index (χ2v) is 24.2. The molecule has 0 radical (unpaired) electrons. The van der Waals surface area contributed by atoms with E-state index in [0.29, 0.717) is 19.3 Å². The molecule has 77 heavy (non-hydrogen) atoms. The second kappa shape index (κ2) is 66.7. The zero-order valence-electron chi connectivity index (χ0n) is 52.5. The normalized spacial score (nSPS) is 12.0. The zero-order valence-corrected chi connectivity index (χ0v) is 52.5. The van der Waals surface area contributed by atoms with Crippen molar-refractivity contribution >= 4 is 17.9 Å². The monoisotopic (exact) mass is 1090 g/mol. The first-order chi connectivity index (χ1) is 38.0. The van der Waals surface area contributed by atoms with Crippen LogP contribution in [-0.2, 0) is 28.6 Å². The molecule has 6 heteroatoms. The Morgan fingerprint density at radius 3 is 0.649 bits per heavy atom. The number of carbonyl (C=O) groups excluding carboxylic acids is 3. The molecule has 0 aromatic rings. The molecule has 0 aromatic heterocycles. The van der Waals surface area contributed by atoms with E-state index in [0.717, 1.165) is 57.8 Å². The molecule has 0 fully saturated rings. The van der Waals surface area contributed by atoms with Gasteiger partial charge in [-0.05, 0) is 44.9 Å². The molecule has 0 aliphatic heterocycles. The summed E-state index contributed by atoms with van der Waals surface area (Å²) in [5.74, 6) is -0.833. The lowest BCUT2D eigenvalue weighted by atomic mass is 10.0. The third-order valence-corrected chi connectivity index (χ3v) is 16.3. The summed E-state index contributed by atoms with van der Waals surface area (Å²) in [6, 6.07) is 0. The minimum Gasteiger partial charge on any atom is -0.462 e. The smallest absolute Gasteiger partial charge is 0.306 e. The molecule has 0 saturated carbocycles. The maximum atomic E-state index is 12.9. The number of ether oxygens (including phenoxy) is 3. The fourth-order valence-electron chi connectivity index (χ4n) is 11.0. The van der Waals surface area contributed by atoms with Crippen molar-refractivity contribution in [3.05, 3.63) is 12.2 Å². The molecule has 1 unspecified atom stereocenters. The summed E-state index contributed by atoms with van der Waals surface area (Å²) >= 11 is 0. The SMILES string of the molecule is CCCCCCCCC/C=C\CCCCCCCCCC(=O)OC(COC(=O)CCCCCCCCCCCCCCCCCC)COC(=O)CCCCCCCCCCCCCCCCCCCCCCCCCCC. The topological polar surface area (TPSA) is 78.9 Å². The fraction of sp³-hybridized carbons (Fsp3) is 0.930. The maximum absolute atomic E-state index is 12.9. The molecule has 0 aliphatic carbocycles. The molecule has 0 spiro atoms. The van der Waals surface area contributed by atoms with Crippen LogP contribution in [0.15, 0.2) is 12.2 Å². The van der Waals surface area contributed by atoms with Crippen molar-refractivity contribution < 1.29 is 28.6 Å². The van der Waals surface area contributed by atoms with Crippen molar-refractivity contribution in [2.24, 2.45) is 0 Å². The molecule has 0 amide bonds. The summed E-state index contributed by atoms with van der Waals surface area (Å²) in [6.45, 7) is 6.73. The van der Waals surface area contributed by atoms with Gasteiger partial charge in [0.15, 0.2) is 6.10 Å². The van der Waals surface area contributed by atoms with Gasteiger partial charge in [0.05, 0.1) is 0 Å². The van der Waals surface area contributed by atoms with Crippen molar-refractivity contribution in [2.45, 2.75) is 412 Å². The molecule has 6 nitrogen and oxygen atoms in total. The Bertz CT molecular complexity index is 1200. The molecule has 456 valence electrons. The van der Waals surface area contributed by atoms with Crippen molar-refractivity contribution in [3.8, 4) is 0 Å². The van der Waals surface area contributed by atoms with Gasteiger partial charge in [-0.1, -0.05) is 354 Å². The van der Waals surface area contributed by atoms with E-state index >= 15 is 0 Å². The van der Waals surface area contributed by atoms with Crippen LogP contribution in [0.2, 0.25) is 0 Å². The number of esters is 3. The van der Waals surface area contributed by atoms with Crippen molar-refractivity contribution in [2.75, 3.05) is 13.2 Å². The molecular weight excluding hydrogens is 949 g/mol. The highest BCUT2D eigenvalue weighted by atomic mass is 16.6. The third-order valence-electron chi connectivity index (χ3n) is 16.3. The lowest BCUT2D eigenvalue weighted by Gasteiger charge is -2.18. The highest BCUT2D eigenvalue weighted by Gasteiger charge is 2.19. The first-order valence-corrected chi connectivity index (χ1v) is 35.2. The van der Waals surface area contributed by atoms with Crippen molar-refractivity contribution in [1.29, 1.82) is 0 Å². The molecule has 0 aliphatic rings. The van der Waals surface area contributed by atoms with E-state index in [-0.39, 0.29) is 31.1 Å². The average molecular weight is 1090 g/mol. The zero-order chi connectivity index (χ0) is 55.7. The summed E-state index contributed by atoms with van der Waals surface area (Å²) < 4.78 is 17.0. The van der Waals surface area contributed by atoms with Crippen LogP contribution >= 0.6 is 0 Å². The van der Waals surface area contributed by atoms with Gasteiger partial charge in [0.1, 0.15) is 13.2 Å². The van der Waals surface area contributed by atoms with Crippen molar-refractivity contribution in [1.82, 2.24) is 0 Å². The Morgan fingerprint density at radius 2 is 0.429 bits per heavy atom. The predicted molar refractivity (Wildman–Crippen MR) is 335 cm³/mol. The number of hydrogen-bond acceptors (Lipinski definition) is 6. The van der Waals surface area contributed by atoms with E-state index < -0.39 is 6.10 Å². The Morgan fingerprint density at radius 1 is 0.247 bits per heavy atom. The van der Waals surface area contributed by atoms with Crippen LogP contribution in [-0.4, -0.2) is 37.2 Å². The summed E-state index contributed by atoms with van der Waals surface area (Å²) in [5.41, 5.74) is 0. The van der Waals surface area contributed by atoms with E-state index in [1.165, 1.54) is 308 Å². The maximum Gasteiger partial charge on any atom is 0.306 e. The third kappa shape index (κ3) is 64.9. The number of hydrogen-bond donors (Lipinski definition) is 0. The summed E-state index contributed by atoms with van der Waals surface area (Å²) in [6.07, 6.45) is 79.5. The molecule has 0 aromatic carbocycles.